The van der Waals surface area contributed by atoms with Crippen LogP contribution in [0.2, 0.25) is 0 Å². The number of benzene rings is 2. The summed E-state index contributed by atoms with van der Waals surface area (Å²) in [6, 6.07) is 19.3. The van der Waals surface area contributed by atoms with Gasteiger partial charge in [-0.1, -0.05) is 60.7 Å². The first-order chi connectivity index (χ1) is 10.1. The summed E-state index contributed by atoms with van der Waals surface area (Å²) in [5.74, 6) is -0.123. The van der Waals surface area contributed by atoms with Crippen LogP contribution >= 0.6 is 23.2 Å². The molecule has 0 saturated heterocycles. The van der Waals surface area contributed by atoms with E-state index >= 15 is 0 Å². The molecule has 0 aliphatic heterocycles. The molecule has 2 nitrogen and oxygen atoms in total. The maximum Gasteiger partial charge on any atom is 0.234 e. The van der Waals surface area contributed by atoms with E-state index in [0.29, 0.717) is 13.0 Å². The largest absolute Gasteiger partial charge is 0.351 e. The molecule has 0 radical (unpaired) electrons. The summed E-state index contributed by atoms with van der Waals surface area (Å²) in [5.41, 5.74) is 1.07. The summed E-state index contributed by atoms with van der Waals surface area (Å²) in [7, 11) is 0. The molecule has 1 aliphatic carbocycles. The summed E-state index contributed by atoms with van der Waals surface area (Å²) < 4.78 is -1.03. The second-order valence-corrected chi connectivity index (χ2v) is 6.80. The lowest BCUT2D eigenvalue weighted by Gasteiger charge is -2.18. The van der Waals surface area contributed by atoms with Crippen LogP contribution in [0.4, 0.5) is 0 Å². The fraction of sp³-hybridized carbons (Fsp3) is 0.235. The summed E-state index contributed by atoms with van der Waals surface area (Å²) in [6.45, 7) is 0.470. The molecule has 1 aliphatic rings. The lowest BCUT2D eigenvalue weighted by Crippen LogP contribution is -2.37. The fourth-order valence-electron chi connectivity index (χ4n) is 2.63. The average Bonchev–Trinajstić information content (AvgIpc) is 3.11. The molecule has 21 heavy (non-hydrogen) atoms. The van der Waals surface area contributed by atoms with E-state index in [2.05, 4.69) is 5.32 Å². The second kappa shape index (κ2) is 5.36. The molecule has 1 fully saturated rings. The smallest absolute Gasteiger partial charge is 0.234 e. The summed E-state index contributed by atoms with van der Waals surface area (Å²) in [5, 5.41) is 2.95. The first kappa shape index (κ1) is 14.4. The average molecular weight is 320 g/mol. The minimum atomic E-state index is -1.03. The highest BCUT2D eigenvalue weighted by Gasteiger charge is 2.72. The first-order valence-electron chi connectivity index (χ1n) is 6.82. The monoisotopic (exact) mass is 319 g/mol. The highest BCUT2D eigenvalue weighted by molar-refractivity contribution is 6.54. The van der Waals surface area contributed by atoms with E-state index in [1.54, 1.807) is 0 Å². The van der Waals surface area contributed by atoms with Crippen LogP contribution in [0.1, 0.15) is 17.5 Å². The van der Waals surface area contributed by atoms with E-state index in [1.165, 1.54) is 0 Å². The van der Waals surface area contributed by atoms with Gasteiger partial charge in [-0.25, -0.2) is 0 Å². The van der Waals surface area contributed by atoms with Crippen LogP contribution in [-0.4, -0.2) is 10.2 Å². The lowest BCUT2D eigenvalue weighted by atomic mass is 9.94. The number of halogens is 2. The molecule has 1 N–H and O–H groups in total. The third-order valence-corrected chi connectivity index (χ3v) is 4.85. The van der Waals surface area contributed by atoms with E-state index in [-0.39, 0.29) is 5.91 Å². The van der Waals surface area contributed by atoms with Gasteiger partial charge in [-0.2, -0.15) is 0 Å². The third kappa shape index (κ3) is 2.54. The molecule has 0 unspecified atom stereocenters. The van der Waals surface area contributed by atoms with Crippen molar-refractivity contribution in [1.29, 1.82) is 0 Å². The van der Waals surface area contributed by atoms with E-state index in [0.717, 1.165) is 11.1 Å². The minimum Gasteiger partial charge on any atom is -0.351 e. The zero-order chi connectivity index (χ0) is 14.9. The predicted octanol–water partition coefficient (Wildman–Crippen LogP) is 3.82. The van der Waals surface area contributed by atoms with Crippen LogP contribution in [-0.2, 0) is 16.8 Å². The molecular formula is C17H15Cl2NO. The zero-order valence-electron chi connectivity index (χ0n) is 11.4. The van der Waals surface area contributed by atoms with Gasteiger partial charge in [0.25, 0.3) is 0 Å². The van der Waals surface area contributed by atoms with Crippen LogP contribution < -0.4 is 5.32 Å². The molecular weight excluding hydrogens is 305 g/mol. The van der Waals surface area contributed by atoms with Crippen molar-refractivity contribution in [2.45, 2.75) is 22.7 Å². The molecule has 2 aromatic carbocycles. The quantitative estimate of drug-likeness (QED) is 0.853. The number of nitrogens with one attached hydrogen (secondary N) is 1. The highest BCUT2D eigenvalue weighted by Crippen LogP contribution is 2.64. The van der Waals surface area contributed by atoms with E-state index in [9.17, 15) is 4.79 Å². The SMILES string of the molecule is O=C(NCc1ccccc1)[C@@]1(c2ccccc2)CC1(Cl)Cl. The number of carbonyl (C=O) groups is 1. The normalized spacial score (nSPS) is 22.6. The maximum atomic E-state index is 12.6. The van der Waals surface area contributed by atoms with Crippen LogP contribution in [0.25, 0.3) is 0 Å². The Morgan fingerprint density at radius 3 is 2.05 bits per heavy atom. The van der Waals surface area contributed by atoms with Gasteiger partial charge in [0.2, 0.25) is 5.91 Å². The van der Waals surface area contributed by atoms with Gasteiger partial charge < -0.3 is 5.32 Å². The molecule has 1 atom stereocenters. The predicted molar refractivity (Wildman–Crippen MR) is 85.5 cm³/mol. The standard InChI is InChI=1S/C17H15Cl2NO/c18-17(19)12-16(17,14-9-5-2-6-10-14)15(21)20-11-13-7-3-1-4-8-13/h1-10H,11-12H2,(H,20,21)/t16-/m0/s1. The Morgan fingerprint density at radius 1 is 1.00 bits per heavy atom. The number of alkyl halides is 2. The van der Waals surface area contributed by atoms with Gasteiger partial charge in [0.1, 0.15) is 9.75 Å². The van der Waals surface area contributed by atoms with Crippen molar-refractivity contribution in [3.63, 3.8) is 0 Å². The van der Waals surface area contributed by atoms with Gasteiger partial charge in [0.05, 0.1) is 0 Å². The molecule has 0 aromatic heterocycles. The number of hydrogen-bond donors (Lipinski definition) is 1. The Bertz CT molecular complexity index is 642. The lowest BCUT2D eigenvalue weighted by molar-refractivity contribution is -0.123. The van der Waals surface area contributed by atoms with Crippen molar-refractivity contribution in [1.82, 2.24) is 5.32 Å². The summed E-state index contributed by atoms with van der Waals surface area (Å²) >= 11 is 12.6. The van der Waals surface area contributed by atoms with Crippen LogP contribution in [0.15, 0.2) is 60.7 Å². The van der Waals surface area contributed by atoms with E-state index in [4.69, 9.17) is 23.2 Å². The third-order valence-electron chi connectivity index (χ3n) is 3.94. The zero-order valence-corrected chi connectivity index (χ0v) is 12.9. The van der Waals surface area contributed by atoms with Gasteiger partial charge in [-0.15, -0.1) is 23.2 Å². The molecule has 108 valence electrons. The van der Waals surface area contributed by atoms with Crippen molar-refractivity contribution in [2.75, 3.05) is 0 Å². The number of rotatable bonds is 4. The van der Waals surface area contributed by atoms with Gasteiger partial charge in [0, 0.05) is 13.0 Å². The topological polar surface area (TPSA) is 29.1 Å². The Kier molecular flexibility index (Phi) is 3.68. The van der Waals surface area contributed by atoms with Gasteiger partial charge >= 0.3 is 0 Å². The summed E-state index contributed by atoms with van der Waals surface area (Å²) in [6.07, 6.45) is 0.438. The van der Waals surface area contributed by atoms with Gasteiger partial charge in [-0.05, 0) is 11.1 Å². The second-order valence-electron chi connectivity index (χ2n) is 5.32. The van der Waals surface area contributed by atoms with Gasteiger partial charge in [0.15, 0.2) is 0 Å². The van der Waals surface area contributed by atoms with Crippen molar-refractivity contribution in [2.24, 2.45) is 0 Å². The van der Waals surface area contributed by atoms with Crippen LogP contribution in [0, 0.1) is 0 Å². The van der Waals surface area contributed by atoms with Crippen LogP contribution in [0.5, 0.6) is 0 Å². The summed E-state index contributed by atoms with van der Waals surface area (Å²) in [4.78, 5) is 12.6. The van der Waals surface area contributed by atoms with E-state index in [1.807, 2.05) is 60.7 Å². The Balaban J connectivity index is 1.79. The van der Waals surface area contributed by atoms with Crippen molar-refractivity contribution in [3.8, 4) is 0 Å². The van der Waals surface area contributed by atoms with Crippen molar-refractivity contribution >= 4 is 29.1 Å². The molecule has 4 heteroatoms. The fourth-order valence-corrected chi connectivity index (χ4v) is 3.42. The molecule has 0 spiro atoms. The van der Waals surface area contributed by atoms with Crippen molar-refractivity contribution < 1.29 is 4.79 Å². The molecule has 0 bridgehead atoms. The van der Waals surface area contributed by atoms with Gasteiger partial charge in [-0.3, -0.25) is 4.79 Å². The number of carbonyl (C=O) groups excluding carboxylic acids is 1. The maximum absolute atomic E-state index is 12.6. The van der Waals surface area contributed by atoms with E-state index < -0.39 is 9.75 Å². The minimum absolute atomic E-state index is 0.123. The molecule has 1 saturated carbocycles. The Hall–Kier alpha value is -1.51. The Morgan fingerprint density at radius 2 is 1.52 bits per heavy atom. The van der Waals surface area contributed by atoms with Crippen molar-refractivity contribution in [3.05, 3.63) is 71.8 Å². The van der Waals surface area contributed by atoms with Crippen LogP contribution in [0.3, 0.4) is 0 Å². The number of hydrogen-bond acceptors (Lipinski definition) is 1. The highest BCUT2D eigenvalue weighted by atomic mass is 35.5. The molecule has 2 aromatic rings. The molecule has 3 rings (SSSR count). The number of amides is 1. The molecule has 0 heterocycles. The molecule has 1 amide bonds. The Labute approximate surface area is 134 Å². The first-order valence-corrected chi connectivity index (χ1v) is 7.57.